The van der Waals surface area contributed by atoms with Crippen molar-refractivity contribution >= 4 is 62.3 Å². The second kappa shape index (κ2) is 21.2. The van der Waals surface area contributed by atoms with E-state index in [4.69, 9.17) is 20.9 Å². The number of carbonyl (C=O) groups is 3. The molecule has 4 heterocycles. The first-order chi connectivity index (χ1) is 30.6. The summed E-state index contributed by atoms with van der Waals surface area (Å²) in [6.07, 6.45) is 4.15. The van der Waals surface area contributed by atoms with Crippen molar-refractivity contribution in [2.75, 3.05) is 37.1 Å². The number of urea groups is 2. The van der Waals surface area contributed by atoms with Gasteiger partial charge >= 0.3 is 18.2 Å². The topological polar surface area (TPSA) is 183 Å². The van der Waals surface area contributed by atoms with Crippen LogP contribution in [-0.4, -0.2) is 70.1 Å². The maximum atomic E-state index is 14.0. The first-order valence-electron chi connectivity index (χ1n) is 20.4. The van der Waals surface area contributed by atoms with E-state index in [9.17, 15) is 27.6 Å². The average Bonchev–Trinajstić information content (AvgIpc) is 3.95. The van der Waals surface area contributed by atoms with Gasteiger partial charge in [-0.15, -0.1) is 22.7 Å². The van der Waals surface area contributed by atoms with Crippen molar-refractivity contribution in [1.29, 1.82) is 0 Å². The van der Waals surface area contributed by atoms with E-state index >= 15 is 0 Å². The maximum Gasteiger partial charge on any atom is 0.420 e. The van der Waals surface area contributed by atoms with Gasteiger partial charge in [0.05, 0.1) is 41.5 Å². The third kappa shape index (κ3) is 12.1. The van der Waals surface area contributed by atoms with Crippen molar-refractivity contribution in [3.8, 4) is 34.0 Å². The van der Waals surface area contributed by atoms with Crippen LogP contribution in [0.1, 0.15) is 67.7 Å². The van der Waals surface area contributed by atoms with E-state index in [0.29, 0.717) is 51.4 Å². The van der Waals surface area contributed by atoms with Gasteiger partial charge in [-0.3, -0.25) is 14.8 Å². The van der Waals surface area contributed by atoms with E-state index < -0.39 is 23.8 Å². The van der Waals surface area contributed by atoms with Crippen LogP contribution < -0.4 is 30.7 Å². The molecular weight excluding hydrogens is 868 g/mol. The molecule has 0 saturated carbocycles. The number of hydrogen-bond donors (Lipinski definition) is 2. The predicted octanol–water partition coefficient (Wildman–Crippen LogP) is 10.5. The highest BCUT2D eigenvalue weighted by Crippen LogP contribution is 2.41. The first-order valence-corrected chi connectivity index (χ1v) is 22.2. The number of primary amides is 2. The highest BCUT2D eigenvalue weighted by Gasteiger charge is 2.36. The number of aryl methyl sites for hydroxylation is 1. The summed E-state index contributed by atoms with van der Waals surface area (Å²) in [5, 5.41) is 4.00. The molecule has 0 unspecified atom stereocenters. The third-order valence-corrected chi connectivity index (χ3v) is 11.3. The second-order valence-corrected chi connectivity index (χ2v) is 17.0. The number of ether oxygens (including phenoxy) is 2. The van der Waals surface area contributed by atoms with E-state index in [1.54, 1.807) is 73.6 Å². The molecule has 64 heavy (non-hydrogen) atoms. The van der Waals surface area contributed by atoms with Gasteiger partial charge in [-0.05, 0) is 91.9 Å². The van der Waals surface area contributed by atoms with Crippen LogP contribution >= 0.6 is 22.7 Å². The highest BCUT2D eigenvalue weighted by atomic mass is 32.1. The number of thiazole rings is 2. The number of halogens is 3. The first kappa shape index (κ1) is 46.9. The Morgan fingerprint density at radius 3 is 1.84 bits per heavy atom. The summed E-state index contributed by atoms with van der Waals surface area (Å²) >= 11 is 2.33. The van der Waals surface area contributed by atoms with Crippen LogP contribution in [0.5, 0.6) is 11.5 Å². The van der Waals surface area contributed by atoms with Crippen LogP contribution in [0, 0.1) is 5.92 Å². The van der Waals surface area contributed by atoms with E-state index in [1.807, 2.05) is 26.0 Å². The molecule has 0 atom stereocenters. The molecule has 0 aliphatic carbocycles. The Bertz CT molecular complexity index is 2510. The Hall–Kier alpha value is -6.60. The van der Waals surface area contributed by atoms with Crippen molar-refractivity contribution in [3.05, 3.63) is 107 Å². The van der Waals surface area contributed by atoms with Gasteiger partial charge in [0.15, 0.2) is 10.3 Å². The van der Waals surface area contributed by atoms with E-state index in [0.717, 1.165) is 66.5 Å². The number of rotatable bonds is 19. The molecule has 0 spiro atoms. The fourth-order valence-electron chi connectivity index (χ4n) is 6.37. The number of alkyl halides is 3. The van der Waals surface area contributed by atoms with Gasteiger partial charge < -0.3 is 25.8 Å². The number of hydrogen-bond acceptors (Lipinski definition) is 11. The molecule has 14 nitrogen and oxygen atoms in total. The minimum Gasteiger partial charge on any atom is -0.494 e. The molecule has 6 rings (SSSR count). The van der Waals surface area contributed by atoms with Crippen molar-refractivity contribution in [2.24, 2.45) is 17.4 Å². The number of anilines is 4. The minimum absolute atomic E-state index is 0.0150. The summed E-state index contributed by atoms with van der Waals surface area (Å²) in [6, 6.07) is 16.0. The molecule has 0 aliphatic rings. The molecule has 0 aliphatic heterocycles. The molecule has 2 aromatic carbocycles. The lowest BCUT2D eigenvalue weighted by Gasteiger charge is -2.21. The fourth-order valence-corrected chi connectivity index (χ4v) is 8.08. The molecule has 5 amide bonds. The normalized spacial score (nSPS) is 11.4. The molecule has 4 N–H and O–H groups in total. The van der Waals surface area contributed by atoms with Crippen LogP contribution in [0.4, 0.5) is 44.4 Å². The molecule has 4 aromatic heterocycles. The lowest BCUT2D eigenvalue weighted by atomic mass is 10.1. The molecule has 336 valence electrons. The average molecular weight is 916 g/mol. The number of benzene rings is 2. The molecule has 0 radical (unpaired) electrons. The predicted molar refractivity (Wildman–Crippen MR) is 243 cm³/mol. The summed E-state index contributed by atoms with van der Waals surface area (Å²) in [7, 11) is 3.32. The number of carbonyl (C=O) groups excluding carboxylic acids is 3. The quantitative estimate of drug-likeness (QED) is 0.0747. The van der Waals surface area contributed by atoms with E-state index in [-0.39, 0.29) is 35.0 Å². The zero-order chi connectivity index (χ0) is 46.0. The van der Waals surface area contributed by atoms with E-state index in [2.05, 4.69) is 19.9 Å². The molecule has 19 heteroatoms. The Morgan fingerprint density at radius 1 is 0.719 bits per heavy atom. The van der Waals surface area contributed by atoms with Gasteiger partial charge in [0.1, 0.15) is 17.2 Å². The van der Waals surface area contributed by atoms with Crippen LogP contribution in [0.15, 0.2) is 89.9 Å². The number of unbranched alkanes of at least 4 members (excludes halogenated alkanes) is 4. The summed E-state index contributed by atoms with van der Waals surface area (Å²) in [6.45, 7) is 4.30. The maximum absolute atomic E-state index is 14.0. The van der Waals surface area contributed by atoms with Crippen molar-refractivity contribution < 1.29 is 37.0 Å². The van der Waals surface area contributed by atoms with Crippen molar-refractivity contribution in [2.45, 2.75) is 58.5 Å². The summed E-state index contributed by atoms with van der Waals surface area (Å²) in [5.74, 6) is 0.147. The summed E-state index contributed by atoms with van der Waals surface area (Å²) < 4.78 is 53.3. The lowest BCUT2D eigenvalue weighted by Crippen LogP contribution is -2.31. The largest absolute Gasteiger partial charge is 0.494 e. The van der Waals surface area contributed by atoms with Crippen LogP contribution in [0.25, 0.3) is 22.5 Å². The van der Waals surface area contributed by atoms with Crippen LogP contribution in [0.2, 0.25) is 0 Å². The Labute approximate surface area is 376 Å². The smallest absolute Gasteiger partial charge is 0.420 e. The molecule has 0 bridgehead atoms. The Balaban J connectivity index is 0.930. The molecule has 0 fully saturated rings. The Morgan fingerprint density at radius 2 is 1.30 bits per heavy atom. The van der Waals surface area contributed by atoms with Gasteiger partial charge in [0.2, 0.25) is 0 Å². The van der Waals surface area contributed by atoms with Crippen molar-refractivity contribution in [3.63, 3.8) is 0 Å². The monoisotopic (exact) mass is 915 g/mol. The van der Waals surface area contributed by atoms with Crippen molar-refractivity contribution in [1.82, 2.24) is 24.8 Å². The zero-order valence-corrected chi connectivity index (χ0v) is 37.3. The van der Waals surface area contributed by atoms with Crippen LogP contribution in [0.3, 0.4) is 0 Å². The number of nitrogens with two attached hydrogens (primary N) is 2. The SMILES string of the molecule is CC(C)COc1ccc(N(C(N)=O)c2nc(-c3ccc(CCCCCCCOc4ccc(N(C(N)=O)c5nc(-c6ccc(C(=O)N(C)C)nc6)cs5)cc4)nc3)cs2)cc1C(F)(F)F. The van der Waals surface area contributed by atoms with Gasteiger partial charge in [0.25, 0.3) is 5.91 Å². The standard InChI is InChI=1S/C45H48F3N9O5S2/c1-28(2)25-62-39-20-16-33(22-35(39)45(46,47)48)57(42(50)60)44-54-37(26-64-44)29-11-13-31(51-23-29)10-8-6-5-7-9-21-61-34-17-14-32(15-18-34)56(41(49)59)43-53-38(27-63-43)30-12-19-36(52-24-30)40(58)55(3)4/h11-20,22-24,26-28H,5-10,21,25H2,1-4H3,(H2,49,59)(H2,50,60). The van der Waals surface area contributed by atoms with Gasteiger partial charge in [-0.25, -0.2) is 29.4 Å². The zero-order valence-electron chi connectivity index (χ0n) is 35.7. The number of amides is 5. The van der Waals surface area contributed by atoms with E-state index in [1.165, 1.54) is 33.3 Å². The fraction of sp³-hybridized carbons (Fsp3) is 0.311. The number of aromatic nitrogens is 4. The minimum atomic E-state index is -4.72. The lowest BCUT2D eigenvalue weighted by molar-refractivity contribution is -0.139. The number of nitrogens with zero attached hydrogens (tertiary/aromatic N) is 7. The third-order valence-electron chi connectivity index (χ3n) is 9.65. The number of pyridine rings is 2. The molecular formula is C45H48F3N9O5S2. The highest BCUT2D eigenvalue weighted by molar-refractivity contribution is 7.14. The second-order valence-electron chi connectivity index (χ2n) is 15.3. The van der Waals surface area contributed by atoms with Gasteiger partial charge in [0, 0.05) is 54.1 Å². The summed E-state index contributed by atoms with van der Waals surface area (Å²) in [5.41, 5.74) is 14.6. The molecule has 6 aromatic rings. The van der Waals surface area contributed by atoms with Crippen LogP contribution in [-0.2, 0) is 12.6 Å². The van der Waals surface area contributed by atoms with Gasteiger partial charge in [-0.2, -0.15) is 13.2 Å². The summed E-state index contributed by atoms with van der Waals surface area (Å²) in [4.78, 5) is 58.9. The van der Waals surface area contributed by atoms with Gasteiger partial charge in [-0.1, -0.05) is 33.1 Å². The Kier molecular flexibility index (Phi) is 15.5. The molecule has 0 saturated heterocycles.